The molecule has 0 spiro atoms. The number of rotatable bonds is 4. The van der Waals surface area contributed by atoms with Gasteiger partial charge in [0, 0.05) is 24.4 Å². The average Bonchev–Trinajstić information content (AvgIpc) is 2.92. The Hall–Kier alpha value is -1.59. The highest BCUT2D eigenvalue weighted by atomic mass is 35.5. The Labute approximate surface area is 127 Å². The number of carbonyl (C=O) groups is 1. The van der Waals surface area contributed by atoms with Crippen molar-refractivity contribution in [1.82, 2.24) is 9.88 Å². The van der Waals surface area contributed by atoms with E-state index < -0.39 is 0 Å². The number of anilines is 1. The van der Waals surface area contributed by atoms with Crippen LogP contribution in [0.1, 0.15) is 22.2 Å². The van der Waals surface area contributed by atoms with Crippen LogP contribution in [0.5, 0.6) is 0 Å². The summed E-state index contributed by atoms with van der Waals surface area (Å²) in [6, 6.07) is 5.70. The molecule has 6 heteroatoms. The number of carbonyl (C=O) groups excluding carboxylic acids is 1. The molecule has 0 fully saturated rings. The summed E-state index contributed by atoms with van der Waals surface area (Å²) in [6.45, 7) is 2.01. The highest BCUT2D eigenvalue weighted by Crippen LogP contribution is 2.20. The topological polar surface area (TPSA) is 59.2 Å². The lowest BCUT2D eigenvalue weighted by atomic mass is 10.1. The Morgan fingerprint density at radius 1 is 1.60 bits per heavy atom. The van der Waals surface area contributed by atoms with Crippen LogP contribution in [0.3, 0.4) is 0 Å². The first-order chi connectivity index (χ1) is 9.49. The molecule has 0 aliphatic carbocycles. The van der Waals surface area contributed by atoms with E-state index in [1.165, 1.54) is 11.1 Å². The van der Waals surface area contributed by atoms with Gasteiger partial charge in [0.2, 0.25) is 0 Å². The lowest BCUT2D eigenvalue weighted by Gasteiger charge is -2.25. The second-order valence-electron chi connectivity index (χ2n) is 4.66. The molecular formula is C14H16ClN3OS. The number of aromatic nitrogens is 1. The van der Waals surface area contributed by atoms with Gasteiger partial charge in [0.15, 0.2) is 0 Å². The van der Waals surface area contributed by atoms with Gasteiger partial charge >= 0.3 is 0 Å². The smallest absolute Gasteiger partial charge is 0.257 e. The Kier molecular flexibility index (Phi) is 4.62. The third-order valence-electron chi connectivity index (χ3n) is 3.15. The van der Waals surface area contributed by atoms with Gasteiger partial charge in [0.05, 0.1) is 17.4 Å². The van der Waals surface area contributed by atoms with E-state index in [0.717, 1.165) is 6.42 Å². The second kappa shape index (κ2) is 6.24. The highest BCUT2D eigenvalue weighted by Gasteiger charge is 2.21. The van der Waals surface area contributed by atoms with Crippen molar-refractivity contribution in [2.24, 2.45) is 0 Å². The van der Waals surface area contributed by atoms with Crippen molar-refractivity contribution in [3.05, 3.63) is 45.4 Å². The average molecular weight is 310 g/mol. The fraction of sp³-hybridized carbons (Fsp3) is 0.286. The molecule has 0 aliphatic heterocycles. The van der Waals surface area contributed by atoms with Crippen molar-refractivity contribution >= 4 is 34.5 Å². The van der Waals surface area contributed by atoms with Crippen LogP contribution in [0.25, 0.3) is 0 Å². The molecule has 2 heterocycles. The molecule has 0 aliphatic rings. The number of thiophene rings is 1. The van der Waals surface area contributed by atoms with E-state index in [2.05, 4.69) is 11.1 Å². The monoisotopic (exact) mass is 309 g/mol. The predicted octanol–water partition coefficient (Wildman–Crippen LogP) is 3.08. The Morgan fingerprint density at radius 2 is 2.35 bits per heavy atom. The number of nitrogens with two attached hydrogens (primary N) is 1. The highest BCUT2D eigenvalue weighted by molar-refractivity contribution is 7.09. The molecule has 2 rings (SSSR count). The van der Waals surface area contributed by atoms with E-state index >= 15 is 0 Å². The fourth-order valence-electron chi connectivity index (χ4n) is 1.86. The van der Waals surface area contributed by atoms with Crippen LogP contribution >= 0.6 is 22.9 Å². The van der Waals surface area contributed by atoms with Gasteiger partial charge in [0.1, 0.15) is 5.15 Å². The normalized spacial score (nSPS) is 12.2. The molecule has 4 nitrogen and oxygen atoms in total. The molecule has 0 radical (unpaired) electrons. The van der Waals surface area contributed by atoms with E-state index in [1.54, 1.807) is 29.4 Å². The van der Waals surface area contributed by atoms with E-state index in [0.29, 0.717) is 11.3 Å². The Bertz CT molecular complexity index is 600. The SMILES string of the molecule is CC(Cc1cccs1)N(C)C(=O)c1cc(N)cnc1Cl. The minimum absolute atomic E-state index is 0.0682. The van der Waals surface area contributed by atoms with E-state index in [4.69, 9.17) is 17.3 Å². The maximum absolute atomic E-state index is 12.4. The van der Waals surface area contributed by atoms with Crippen molar-refractivity contribution < 1.29 is 4.79 Å². The first-order valence-electron chi connectivity index (χ1n) is 6.19. The van der Waals surface area contributed by atoms with E-state index in [-0.39, 0.29) is 17.1 Å². The van der Waals surface area contributed by atoms with Crippen molar-refractivity contribution in [2.75, 3.05) is 12.8 Å². The van der Waals surface area contributed by atoms with Crippen molar-refractivity contribution in [2.45, 2.75) is 19.4 Å². The lowest BCUT2D eigenvalue weighted by Crippen LogP contribution is -2.36. The lowest BCUT2D eigenvalue weighted by molar-refractivity contribution is 0.0744. The molecule has 0 saturated carbocycles. The quantitative estimate of drug-likeness (QED) is 0.883. The zero-order chi connectivity index (χ0) is 14.7. The first kappa shape index (κ1) is 14.8. The molecule has 2 aromatic rings. The Morgan fingerprint density at radius 3 is 3.00 bits per heavy atom. The van der Waals surface area contributed by atoms with Gasteiger partial charge in [0.25, 0.3) is 5.91 Å². The summed E-state index contributed by atoms with van der Waals surface area (Å²) in [5, 5.41) is 2.21. The molecule has 20 heavy (non-hydrogen) atoms. The van der Waals surface area contributed by atoms with Gasteiger partial charge in [-0.15, -0.1) is 11.3 Å². The van der Waals surface area contributed by atoms with Crippen LogP contribution < -0.4 is 5.73 Å². The number of hydrogen-bond acceptors (Lipinski definition) is 4. The molecule has 2 aromatic heterocycles. The summed E-state index contributed by atoms with van der Waals surface area (Å²) in [5.74, 6) is -0.168. The first-order valence-corrected chi connectivity index (χ1v) is 7.45. The Balaban J connectivity index is 2.13. The molecule has 1 atom stereocenters. The summed E-state index contributed by atoms with van der Waals surface area (Å²) in [7, 11) is 1.76. The van der Waals surface area contributed by atoms with Crippen LogP contribution in [0.2, 0.25) is 5.15 Å². The van der Waals surface area contributed by atoms with Crippen LogP contribution in [0.15, 0.2) is 29.8 Å². The number of nitrogens with zero attached hydrogens (tertiary/aromatic N) is 2. The predicted molar refractivity (Wildman–Crippen MR) is 83.2 cm³/mol. The largest absolute Gasteiger partial charge is 0.397 e. The van der Waals surface area contributed by atoms with Gasteiger partial charge in [-0.05, 0) is 24.4 Å². The van der Waals surface area contributed by atoms with Crippen LogP contribution in [-0.2, 0) is 6.42 Å². The number of amides is 1. The number of pyridine rings is 1. The maximum Gasteiger partial charge on any atom is 0.257 e. The summed E-state index contributed by atoms with van der Waals surface area (Å²) in [4.78, 5) is 19.3. The van der Waals surface area contributed by atoms with Crippen LogP contribution in [-0.4, -0.2) is 28.9 Å². The van der Waals surface area contributed by atoms with Gasteiger partial charge in [-0.25, -0.2) is 4.98 Å². The van der Waals surface area contributed by atoms with Gasteiger partial charge < -0.3 is 10.6 Å². The molecular weight excluding hydrogens is 294 g/mol. The van der Waals surface area contributed by atoms with Crippen molar-refractivity contribution in [1.29, 1.82) is 0 Å². The number of hydrogen-bond donors (Lipinski definition) is 1. The number of nitrogen functional groups attached to an aromatic ring is 1. The summed E-state index contributed by atoms with van der Waals surface area (Å²) in [5.41, 5.74) is 6.43. The van der Waals surface area contributed by atoms with E-state index in [1.807, 2.05) is 18.4 Å². The van der Waals surface area contributed by atoms with Crippen LogP contribution in [0.4, 0.5) is 5.69 Å². The summed E-state index contributed by atoms with van der Waals surface area (Å²) in [6.07, 6.45) is 2.25. The minimum Gasteiger partial charge on any atom is -0.397 e. The third kappa shape index (κ3) is 3.29. The second-order valence-corrected chi connectivity index (χ2v) is 6.05. The molecule has 2 N–H and O–H groups in total. The van der Waals surface area contributed by atoms with Gasteiger partial charge in [-0.2, -0.15) is 0 Å². The maximum atomic E-state index is 12.4. The number of halogens is 1. The molecule has 1 unspecified atom stereocenters. The molecule has 106 valence electrons. The zero-order valence-electron chi connectivity index (χ0n) is 11.3. The van der Waals surface area contributed by atoms with Crippen molar-refractivity contribution in [3.63, 3.8) is 0 Å². The van der Waals surface area contributed by atoms with Gasteiger partial charge in [-0.1, -0.05) is 17.7 Å². The fourth-order valence-corrected chi connectivity index (χ4v) is 2.87. The third-order valence-corrected chi connectivity index (χ3v) is 4.35. The van der Waals surface area contributed by atoms with Gasteiger partial charge in [-0.3, -0.25) is 4.79 Å². The summed E-state index contributed by atoms with van der Waals surface area (Å²) >= 11 is 7.66. The zero-order valence-corrected chi connectivity index (χ0v) is 12.9. The number of likely N-dealkylation sites (N-methyl/N-ethyl adjacent to an activating group) is 1. The standard InChI is InChI=1S/C14H16ClN3OS/c1-9(6-11-4-3-5-20-11)18(2)14(19)12-7-10(16)8-17-13(12)15/h3-5,7-9H,6,16H2,1-2H3. The molecule has 1 amide bonds. The minimum atomic E-state index is -0.168. The molecule has 0 aromatic carbocycles. The molecule has 0 bridgehead atoms. The van der Waals surface area contributed by atoms with E-state index in [9.17, 15) is 4.79 Å². The molecule has 0 saturated heterocycles. The summed E-state index contributed by atoms with van der Waals surface area (Å²) < 4.78 is 0. The van der Waals surface area contributed by atoms with Crippen molar-refractivity contribution in [3.8, 4) is 0 Å². The van der Waals surface area contributed by atoms with Crippen LogP contribution in [0, 0.1) is 0 Å².